The average molecular weight is 699 g/mol. The van der Waals surface area contributed by atoms with E-state index in [1.54, 1.807) is 17.3 Å². The molecule has 3 heterocycles. The summed E-state index contributed by atoms with van der Waals surface area (Å²) in [6.45, 7) is 5.48. The highest BCUT2D eigenvalue weighted by Gasteiger charge is 2.29. The van der Waals surface area contributed by atoms with Crippen molar-refractivity contribution in [2.45, 2.75) is 71.4 Å². The SMILES string of the molecule is Cc1ccc2c(NC(=O)CC3CCCCC3)cccc2c1Oc1ncccc1-c1ccnc(N[C@H]2C[C@@H](C)CN(C(=O)OCc3ccccc3)C2)n1. The Balaban J connectivity index is 1.06. The molecule has 1 aliphatic heterocycles. The number of carbonyl (C=O) groups excluding carboxylic acids is 2. The Labute approximate surface area is 305 Å². The van der Waals surface area contributed by atoms with Crippen LogP contribution < -0.4 is 15.4 Å². The maximum Gasteiger partial charge on any atom is 0.410 e. The first kappa shape index (κ1) is 34.9. The largest absolute Gasteiger partial charge is 0.445 e. The van der Waals surface area contributed by atoms with Crippen molar-refractivity contribution >= 4 is 34.4 Å². The molecule has 52 heavy (non-hydrogen) atoms. The summed E-state index contributed by atoms with van der Waals surface area (Å²) in [6, 6.07) is 25.2. The highest BCUT2D eigenvalue weighted by molar-refractivity contribution is 6.04. The number of aromatic nitrogens is 3. The number of carbonyl (C=O) groups is 2. The summed E-state index contributed by atoms with van der Waals surface area (Å²) in [5, 5.41) is 8.44. The van der Waals surface area contributed by atoms with Crippen LogP contribution in [0, 0.1) is 18.8 Å². The molecule has 3 aromatic carbocycles. The zero-order valence-corrected chi connectivity index (χ0v) is 29.9. The van der Waals surface area contributed by atoms with Crippen LogP contribution in [0.3, 0.4) is 0 Å². The number of hydrogen-bond acceptors (Lipinski definition) is 8. The minimum atomic E-state index is -0.327. The normalized spacial score (nSPS) is 17.8. The monoisotopic (exact) mass is 698 g/mol. The summed E-state index contributed by atoms with van der Waals surface area (Å²) < 4.78 is 12.3. The van der Waals surface area contributed by atoms with Gasteiger partial charge in [0.1, 0.15) is 12.4 Å². The van der Waals surface area contributed by atoms with Crippen molar-refractivity contribution in [3.05, 3.63) is 102 Å². The third-order valence-electron chi connectivity index (χ3n) is 10.0. The van der Waals surface area contributed by atoms with E-state index in [2.05, 4.69) is 27.5 Å². The van der Waals surface area contributed by atoms with Gasteiger partial charge in [-0.25, -0.2) is 19.7 Å². The van der Waals surface area contributed by atoms with Crippen molar-refractivity contribution in [3.8, 4) is 22.9 Å². The molecule has 2 amide bonds. The molecule has 2 atom stereocenters. The van der Waals surface area contributed by atoms with E-state index in [0.29, 0.717) is 54.3 Å². The van der Waals surface area contributed by atoms with Gasteiger partial charge in [-0.3, -0.25) is 4.79 Å². The van der Waals surface area contributed by atoms with Crippen molar-refractivity contribution in [2.24, 2.45) is 11.8 Å². The third kappa shape index (κ3) is 8.50. The molecule has 2 aliphatic rings. The van der Waals surface area contributed by atoms with Gasteiger partial charge < -0.3 is 25.0 Å². The van der Waals surface area contributed by atoms with Gasteiger partial charge in [0, 0.05) is 54.4 Å². The van der Waals surface area contributed by atoms with E-state index in [-0.39, 0.29) is 30.6 Å². The number of amides is 2. The Hall–Kier alpha value is -5.51. The lowest BCUT2D eigenvalue weighted by atomic mass is 9.87. The van der Waals surface area contributed by atoms with Crippen LogP contribution >= 0.6 is 0 Å². The molecule has 0 radical (unpaired) electrons. The Kier molecular flexibility index (Phi) is 10.9. The van der Waals surface area contributed by atoms with Crippen molar-refractivity contribution in [1.82, 2.24) is 19.9 Å². The topological polar surface area (TPSA) is 119 Å². The minimum Gasteiger partial charge on any atom is -0.445 e. The number of nitrogens with one attached hydrogen (secondary N) is 2. The highest BCUT2D eigenvalue weighted by atomic mass is 16.6. The lowest BCUT2D eigenvalue weighted by Crippen LogP contribution is -2.48. The molecule has 7 rings (SSSR count). The van der Waals surface area contributed by atoms with E-state index < -0.39 is 0 Å². The van der Waals surface area contributed by atoms with Crippen LogP contribution in [0.15, 0.2) is 91.3 Å². The Bertz CT molecular complexity index is 2020. The van der Waals surface area contributed by atoms with Crippen molar-refractivity contribution < 1.29 is 19.1 Å². The quantitative estimate of drug-likeness (QED) is 0.148. The fraction of sp³-hybridized carbons (Fsp3) is 0.357. The molecule has 268 valence electrons. The van der Waals surface area contributed by atoms with Gasteiger partial charge in [0.2, 0.25) is 17.7 Å². The zero-order chi connectivity index (χ0) is 35.9. The van der Waals surface area contributed by atoms with Crippen LogP contribution in [0.4, 0.5) is 16.4 Å². The molecule has 5 aromatic rings. The van der Waals surface area contributed by atoms with E-state index in [1.165, 1.54) is 19.3 Å². The number of ether oxygens (including phenoxy) is 2. The van der Waals surface area contributed by atoms with Gasteiger partial charge in [0.15, 0.2) is 0 Å². The van der Waals surface area contributed by atoms with Gasteiger partial charge in [0.05, 0.1) is 11.3 Å². The van der Waals surface area contributed by atoms with Gasteiger partial charge in [-0.2, -0.15) is 0 Å². The first-order valence-electron chi connectivity index (χ1n) is 18.4. The molecule has 1 saturated heterocycles. The van der Waals surface area contributed by atoms with Crippen LogP contribution in [0.2, 0.25) is 0 Å². The van der Waals surface area contributed by atoms with Crippen LogP contribution in [0.5, 0.6) is 11.6 Å². The number of fused-ring (bicyclic) bond motifs is 1. The van der Waals surface area contributed by atoms with Crippen LogP contribution in [-0.4, -0.2) is 51.0 Å². The van der Waals surface area contributed by atoms with Crippen LogP contribution in [0.1, 0.15) is 63.0 Å². The summed E-state index contributed by atoms with van der Waals surface area (Å²) in [7, 11) is 0. The first-order valence-corrected chi connectivity index (χ1v) is 18.4. The lowest BCUT2D eigenvalue weighted by Gasteiger charge is -2.36. The Morgan fingerprint density at radius 3 is 2.56 bits per heavy atom. The molecular formula is C42H46N6O4. The number of benzene rings is 3. The number of hydrogen-bond donors (Lipinski definition) is 2. The molecule has 0 bridgehead atoms. The maximum absolute atomic E-state index is 13.1. The smallest absolute Gasteiger partial charge is 0.410 e. The summed E-state index contributed by atoms with van der Waals surface area (Å²) in [6.07, 6.45) is 10.4. The van der Waals surface area contributed by atoms with Gasteiger partial charge >= 0.3 is 6.09 Å². The van der Waals surface area contributed by atoms with E-state index in [1.807, 2.05) is 85.8 Å². The molecule has 0 unspecified atom stereocenters. The molecule has 1 saturated carbocycles. The number of nitrogens with zero attached hydrogens (tertiary/aromatic N) is 4. The summed E-state index contributed by atoms with van der Waals surface area (Å²) >= 11 is 0. The highest BCUT2D eigenvalue weighted by Crippen LogP contribution is 2.39. The second-order valence-electron chi connectivity index (χ2n) is 14.2. The van der Waals surface area contributed by atoms with Crippen molar-refractivity contribution in [1.29, 1.82) is 0 Å². The zero-order valence-electron chi connectivity index (χ0n) is 29.9. The predicted molar refractivity (Wildman–Crippen MR) is 203 cm³/mol. The standard InChI is InChI=1S/C42H46N6O4/c1-28-23-32(26-48(25-28)42(50)51-27-31-13-7-4-8-14-31)45-41-44-22-20-37(47-41)35-16-10-21-43-40(35)52-39-29(2)18-19-33-34(39)15-9-17-36(33)46-38(49)24-30-11-5-3-6-12-30/h4,7-10,13-22,28,30,32H,3,5-6,11-12,23-27H2,1-2H3,(H,46,49)(H,44,45,47)/t28-,32+/m1/s1. The van der Waals surface area contributed by atoms with E-state index in [4.69, 9.17) is 14.5 Å². The van der Waals surface area contributed by atoms with Crippen LogP contribution in [0.25, 0.3) is 22.0 Å². The van der Waals surface area contributed by atoms with Crippen molar-refractivity contribution in [3.63, 3.8) is 0 Å². The fourth-order valence-corrected chi connectivity index (χ4v) is 7.48. The van der Waals surface area contributed by atoms with E-state index in [0.717, 1.165) is 46.8 Å². The van der Waals surface area contributed by atoms with Gasteiger partial charge in [-0.05, 0) is 73.4 Å². The number of pyridine rings is 1. The van der Waals surface area contributed by atoms with Crippen molar-refractivity contribution in [2.75, 3.05) is 23.7 Å². The fourth-order valence-electron chi connectivity index (χ4n) is 7.48. The third-order valence-corrected chi connectivity index (χ3v) is 10.0. The lowest BCUT2D eigenvalue weighted by molar-refractivity contribution is -0.117. The van der Waals surface area contributed by atoms with E-state index in [9.17, 15) is 9.59 Å². The molecule has 2 N–H and O–H groups in total. The number of aryl methyl sites for hydroxylation is 1. The molecule has 10 heteroatoms. The molecule has 10 nitrogen and oxygen atoms in total. The Morgan fingerprint density at radius 1 is 0.865 bits per heavy atom. The average Bonchev–Trinajstić information content (AvgIpc) is 3.16. The van der Waals surface area contributed by atoms with Gasteiger partial charge in [-0.15, -0.1) is 0 Å². The predicted octanol–water partition coefficient (Wildman–Crippen LogP) is 9.16. The number of anilines is 2. The molecule has 2 aromatic heterocycles. The van der Waals surface area contributed by atoms with Crippen LogP contribution in [-0.2, 0) is 16.1 Å². The number of rotatable bonds is 10. The minimum absolute atomic E-state index is 0.0522. The van der Waals surface area contributed by atoms with E-state index >= 15 is 0 Å². The number of likely N-dealkylation sites (tertiary alicyclic amines) is 1. The summed E-state index contributed by atoms with van der Waals surface area (Å²) in [5.41, 5.74) is 4.03. The van der Waals surface area contributed by atoms with Gasteiger partial charge in [-0.1, -0.05) is 80.8 Å². The maximum atomic E-state index is 13.1. The summed E-state index contributed by atoms with van der Waals surface area (Å²) in [4.78, 5) is 41.8. The second kappa shape index (κ2) is 16.2. The molecule has 0 spiro atoms. The summed E-state index contributed by atoms with van der Waals surface area (Å²) in [5.74, 6) is 2.32. The molecule has 1 aliphatic carbocycles. The molecular weight excluding hydrogens is 653 g/mol. The molecule has 2 fully saturated rings. The second-order valence-corrected chi connectivity index (χ2v) is 14.2. The number of piperidine rings is 1. The van der Waals surface area contributed by atoms with Gasteiger partial charge in [0.25, 0.3) is 0 Å². The first-order chi connectivity index (χ1) is 25.4. The Morgan fingerprint density at radius 2 is 1.71 bits per heavy atom.